The molecule has 0 saturated carbocycles. The number of piperidine rings is 1. The second-order valence-electron chi connectivity index (χ2n) is 11.4. The van der Waals surface area contributed by atoms with Gasteiger partial charge in [-0.15, -0.1) is 0 Å². The summed E-state index contributed by atoms with van der Waals surface area (Å²) in [6.45, 7) is 4.77. The Morgan fingerprint density at radius 2 is 1.40 bits per heavy atom. The molecule has 4 unspecified atom stereocenters. The van der Waals surface area contributed by atoms with Crippen molar-refractivity contribution in [2.24, 2.45) is 11.8 Å². The van der Waals surface area contributed by atoms with Crippen molar-refractivity contribution in [2.75, 3.05) is 48.1 Å². The zero-order valence-corrected chi connectivity index (χ0v) is 25.2. The smallest absolute Gasteiger partial charge is 0.328 e. The zero-order valence-electron chi connectivity index (χ0n) is 25.2. The lowest BCUT2D eigenvalue weighted by Crippen LogP contribution is -2.47. The van der Waals surface area contributed by atoms with Gasteiger partial charge in [-0.25, -0.2) is 4.79 Å². The third-order valence-corrected chi connectivity index (χ3v) is 9.48. The van der Waals surface area contributed by atoms with Crippen molar-refractivity contribution < 1.29 is 33.6 Å². The highest BCUT2D eigenvalue weighted by molar-refractivity contribution is 5.94. The first kappa shape index (κ1) is 29.8. The van der Waals surface area contributed by atoms with E-state index in [0.717, 1.165) is 67.5 Å². The van der Waals surface area contributed by atoms with Crippen LogP contribution >= 0.6 is 0 Å². The Kier molecular flexibility index (Phi) is 8.96. The summed E-state index contributed by atoms with van der Waals surface area (Å²) in [6, 6.07) is 8.34. The molecule has 4 atom stereocenters. The number of carbonyl (C=O) groups excluding carboxylic acids is 1. The Labute approximate surface area is 248 Å². The first-order valence-corrected chi connectivity index (χ1v) is 14.8. The van der Waals surface area contributed by atoms with Gasteiger partial charge in [-0.3, -0.25) is 9.69 Å². The molecular weight excluding hydrogens is 536 g/mol. The second kappa shape index (κ2) is 12.7. The Bertz CT molecular complexity index is 1360. The van der Waals surface area contributed by atoms with Crippen LogP contribution in [0.4, 0.5) is 0 Å². The maximum atomic E-state index is 13.4. The molecule has 3 heterocycles. The van der Waals surface area contributed by atoms with E-state index in [1.165, 1.54) is 17.2 Å². The third-order valence-electron chi connectivity index (χ3n) is 9.48. The molecule has 9 heteroatoms. The number of carboxylic acids is 1. The van der Waals surface area contributed by atoms with Crippen LogP contribution in [-0.4, -0.2) is 74.9 Å². The molecule has 1 N–H and O–H groups in total. The number of fused-ring (bicyclic) bond motifs is 4. The van der Waals surface area contributed by atoms with Gasteiger partial charge in [0, 0.05) is 37.8 Å². The number of nitrogens with zero attached hydrogens (tertiary/aromatic N) is 2. The van der Waals surface area contributed by atoms with Gasteiger partial charge in [0.2, 0.25) is 5.91 Å². The van der Waals surface area contributed by atoms with Crippen LogP contribution in [0.25, 0.3) is 0 Å². The summed E-state index contributed by atoms with van der Waals surface area (Å²) in [7, 11) is 6.60. The van der Waals surface area contributed by atoms with Crippen LogP contribution in [0.15, 0.2) is 36.4 Å². The van der Waals surface area contributed by atoms with Gasteiger partial charge in [0.25, 0.3) is 0 Å². The van der Waals surface area contributed by atoms with Crippen LogP contribution in [0.5, 0.6) is 23.0 Å². The largest absolute Gasteiger partial charge is 0.493 e. The number of hydrogen-bond acceptors (Lipinski definition) is 7. The van der Waals surface area contributed by atoms with E-state index in [4.69, 9.17) is 18.9 Å². The molecule has 0 aromatic heterocycles. The topological polar surface area (TPSA) is 97.8 Å². The van der Waals surface area contributed by atoms with Gasteiger partial charge in [-0.2, -0.15) is 0 Å². The van der Waals surface area contributed by atoms with Gasteiger partial charge in [0.05, 0.1) is 34.5 Å². The summed E-state index contributed by atoms with van der Waals surface area (Å²) in [5, 5.41) is 9.19. The lowest BCUT2D eigenvalue weighted by Gasteiger charge is -2.49. The minimum absolute atomic E-state index is 0.210. The number of methoxy groups -OCH3 is 4. The summed E-state index contributed by atoms with van der Waals surface area (Å²) in [5.41, 5.74) is 4.78. The van der Waals surface area contributed by atoms with Crippen molar-refractivity contribution in [3.63, 3.8) is 0 Å². The van der Waals surface area contributed by atoms with Crippen molar-refractivity contribution in [1.29, 1.82) is 0 Å². The minimum atomic E-state index is -1.13. The molecule has 0 aliphatic carbocycles. The van der Waals surface area contributed by atoms with Gasteiger partial charge < -0.3 is 29.0 Å². The van der Waals surface area contributed by atoms with Gasteiger partial charge in [-0.1, -0.05) is 13.3 Å². The van der Waals surface area contributed by atoms with Crippen LogP contribution in [0, 0.1) is 11.8 Å². The number of rotatable bonds is 9. The van der Waals surface area contributed by atoms with E-state index in [2.05, 4.69) is 24.0 Å². The standard InChI is InChI=1S/C33H42N2O7/c1-6-20-19-34-11-9-21-15-28(39-2)30(41-4)17-24(21)26(34)13-23(20)14-27-25-18-31(42-5)29(40-3)16-22(25)10-12-35(27)32(36)7-8-33(37)38/h7-8,15-18,20,23,26-27H,6,9-14,19H2,1-5H3,(H,37,38)/b8-7+. The molecule has 42 heavy (non-hydrogen) atoms. The Morgan fingerprint density at radius 3 is 2.00 bits per heavy atom. The SMILES string of the molecule is CCC1CN2CCc3cc(OC)c(OC)cc3C2CC1CC1c2cc(OC)c(OC)cc2CCN1C(=O)/C=C/C(=O)O. The summed E-state index contributed by atoms with van der Waals surface area (Å²) < 4.78 is 22.5. The van der Waals surface area contributed by atoms with Gasteiger partial charge >= 0.3 is 5.97 Å². The molecule has 0 bridgehead atoms. The molecule has 1 amide bonds. The highest BCUT2D eigenvalue weighted by Gasteiger charge is 2.42. The van der Waals surface area contributed by atoms with Crippen LogP contribution < -0.4 is 18.9 Å². The molecule has 2 aromatic carbocycles. The summed E-state index contributed by atoms with van der Waals surface area (Å²) in [4.78, 5) is 29.1. The lowest BCUT2D eigenvalue weighted by atomic mass is 9.72. The summed E-state index contributed by atoms with van der Waals surface area (Å²) >= 11 is 0. The maximum Gasteiger partial charge on any atom is 0.328 e. The third kappa shape index (κ3) is 5.67. The van der Waals surface area contributed by atoms with Crippen molar-refractivity contribution in [2.45, 2.75) is 51.1 Å². The molecule has 0 radical (unpaired) electrons. The number of benzene rings is 2. The van der Waals surface area contributed by atoms with Crippen molar-refractivity contribution in [3.05, 3.63) is 58.7 Å². The molecule has 3 aliphatic rings. The van der Waals surface area contributed by atoms with E-state index in [-0.39, 0.29) is 18.0 Å². The van der Waals surface area contributed by atoms with Crippen LogP contribution in [0.3, 0.4) is 0 Å². The monoisotopic (exact) mass is 578 g/mol. The van der Waals surface area contributed by atoms with Gasteiger partial charge in [0.15, 0.2) is 23.0 Å². The van der Waals surface area contributed by atoms with Crippen molar-refractivity contribution in [3.8, 4) is 23.0 Å². The average molecular weight is 579 g/mol. The Morgan fingerprint density at radius 1 is 0.833 bits per heavy atom. The van der Waals surface area contributed by atoms with E-state index in [0.29, 0.717) is 36.3 Å². The van der Waals surface area contributed by atoms with E-state index in [1.807, 2.05) is 17.0 Å². The minimum Gasteiger partial charge on any atom is -0.493 e. The molecule has 3 aliphatic heterocycles. The maximum absolute atomic E-state index is 13.4. The molecule has 1 fully saturated rings. The fourth-order valence-corrected chi connectivity index (χ4v) is 7.33. The van der Waals surface area contributed by atoms with Crippen LogP contribution in [0.1, 0.15) is 60.5 Å². The van der Waals surface area contributed by atoms with Crippen molar-refractivity contribution >= 4 is 11.9 Å². The summed E-state index contributed by atoms with van der Waals surface area (Å²) in [5.74, 6) is 2.20. The van der Waals surface area contributed by atoms with Crippen molar-refractivity contribution in [1.82, 2.24) is 9.80 Å². The first-order chi connectivity index (χ1) is 20.3. The van der Waals surface area contributed by atoms with E-state index in [9.17, 15) is 14.7 Å². The highest BCUT2D eigenvalue weighted by atomic mass is 16.5. The number of aliphatic carboxylic acids is 1. The number of hydrogen-bond donors (Lipinski definition) is 1. The summed E-state index contributed by atoms with van der Waals surface area (Å²) in [6.07, 6.45) is 6.53. The molecule has 0 spiro atoms. The second-order valence-corrected chi connectivity index (χ2v) is 11.4. The number of amides is 1. The number of carbonyl (C=O) groups is 2. The Balaban J connectivity index is 1.52. The number of ether oxygens (including phenoxy) is 4. The molecule has 2 aromatic rings. The normalized spacial score (nSPS) is 23.5. The van der Waals surface area contributed by atoms with Gasteiger partial charge in [0.1, 0.15) is 0 Å². The highest BCUT2D eigenvalue weighted by Crippen LogP contribution is 2.49. The molecule has 226 valence electrons. The first-order valence-electron chi connectivity index (χ1n) is 14.8. The fourth-order valence-electron chi connectivity index (χ4n) is 7.33. The predicted molar refractivity (Wildman–Crippen MR) is 159 cm³/mol. The molecule has 1 saturated heterocycles. The van der Waals surface area contributed by atoms with Crippen LogP contribution in [-0.2, 0) is 22.4 Å². The van der Waals surface area contributed by atoms with Crippen LogP contribution in [0.2, 0.25) is 0 Å². The van der Waals surface area contributed by atoms with E-state index < -0.39 is 5.97 Å². The number of carboxylic acid groups (broad SMARTS) is 1. The predicted octanol–water partition coefficient (Wildman–Crippen LogP) is 4.82. The fraction of sp³-hybridized carbons (Fsp3) is 0.515. The average Bonchev–Trinajstić information content (AvgIpc) is 3.01. The zero-order chi connectivity index (χ0) is 30.0. The Hall–Kier alpha value is -3.72. The molecule has 5 rings (SSSR count). The molecule has 9 nitrogen and oxygen atoms in total. The lowest BCUT2D eigenvalue weighted by molar-refractivity contribution is -0.133. The molecular formula is C33H42N2O7. The van der Waals surface area contributed by atoms with E-state index >= 15 is 0 Å². The quantitative estimate of drug-likeness (QED) is 0.423. The van der Waals surface area contributed by atoms with Gasteiger partial charge in [-0.05, 0) is 84.0 Å². The van der Waals surface area contributed by atoms with E-state index in [1.54, 1.807) is 28.4 Å².